The largest absolute Gasteiger partial charge is 0.323 e. The lowest BCUT2D eigenvalue weighted by Gasteiger charge is -2.06. The average Bonchev–Trinajstić information content (AvgIpc) is 3.31. The third-order valence-electron chi connectivity index (χ3n) is 3.57. The molecule has 4 rings (SSSR count). The van der Waals surface area contributed by atoms with E-state index in [1.165, 1.54) is 11.8 Å². The summed E-state index contributed by atoms with van der Waals surface area (Å²) in [7, 11) is 0. The molecule has 2 aromatic heterocycles. The number of thioether (sulfide) groups is 1. The molecule has 26 heavy (non-hydrogen) atoms. The molecule has 0 aliphatic heterocycles. The number of carbonyl (C=O) groups excluding carboxylic acids is 1. The summed E-state index contributed by atoms with van der Waals surface area (Å²) in [6.45, 7) is 0.557. The van der Waals surface area contributed by atoms with Crippen LogP contribution in [0.3, 0.4) is 0 Å². The van der Waals surface area contributed by atoms with Crippen LogP contribution in [0.1, 0.15) is 5.56 Å². The molecular formula is C16H13N7OS2. The van der Waals surface area contributed by atoms with E-state index in [1.54, 1.807) is 4.68 Å². The third kappa shape index (κ3) is 3.70. The van der Waals surface area contributed by atoms with E-state index in [0.29, 0.717) is 22.9 Å². The summed E-state index contributed by atoms with van der Waals surface area (Å²) in [5.41, 5.74) is 3.22. The molecule has 130 valence electrons. The monoisotopic (exact) mass is 383 g/mol. The second-order valence-corrected chi connectivity index (χ2v) is 6.85. The van der Waals surface area contributed by atoms with Crippen LogP contribution in [-0.2, 0) is 11.3 Å². The summed E-state index contributed by atoms with van der Waals surface area (Å²) in [5, 5.41) is 15.2. The zero-order valence-corrected chi connectivity index (χ0v) is 15.1. The van der Waals surface area contributed by atoms with Crippen molar-refractivity contribution in [3.05, 3.63) is 54.1 Å². The summed E-state index contributed by atoms with van der Waals surface area (Å²) in [4.78, 5) is 12.3. The fraction of sp³-hybridized carbons (Fsp3) is 0.125. The molecule has 0 fully saturated rings. The van der Waals surface area contributed by atoms with E-state index in [-0.39, 0.29) is 11.7 Å². The van der Waals surface area contributed by atoms with Gasteiger partial charge in [-0.2, -0.15) is 8.75 Å². The average molecular weight is 383 g/mol. The van der Waals surface area contributed by atoms with Gasteiger partial charge in [0, 0.05) is 0 Å². The number of anilines is 1. The predicted molar refractivity (Wildman–Crippen MR) is 100 cm³/mol. The molecule has 2 heterocycles. The van der Waals surface area contributed by atoms with E-state index < -0.39 is 0 Å². The van der Waals surface area contributed by atoms with Gasteiger partial charge < -0.3 is 5.32 Å². The van der Waals surface area contributed by atoms with Gasteiger partial charge in [-0.3, -0.25) is 4.79 Å². The molecule has 8 nitrogen and oxygen atoms in total. The van der Waals surface area contributed by atoms with E-state index in [0.717, 1.165) is 22.8 Å². The highest BCUT2D eigenvalue weighted by Crippen LogP contribution is 2.22. The number of amides is 1. The quantitative estimate of drug-likeness (QED) is 0.511. The lowest BCUT2D eigenvalue weighted by atomic mass is 10.2. The molecule has 1 N–H and O–H groups in total. The van der Waals surface area contributed by atoms with Crippen LogP contribution in [0, 0.1) is 0 Å². The number of nitrogens with zero attached hydrogens (tertiary/aromatic N) is 6. The standard InChI is InChI=1S/C16H13N7OS2/c24-14(17-12-7-4-8-13-15(12)20-26-19-13)10-25-16-18-21-22-23(16)9-11-5-2-1-3-6-11/h1-8H,9-10H2,(H,17,24). The normalized spacial score (nSPS) is 10.9. The fourth-order valence-corrected chi connectivity index (χ4v) is 3.61. The molecule has 1 amide bonds. The second kappa shape index (κ2) is 7.58. The number of carbonyl (C=O) groups is 1. The Morgan fingerprint density at radius 3 is 2.88 bits per heavy atom. The molecule has 2 aromatic carbocycles. The van der Waals surface area contributed by atoms with E-state index in [1.807, 2.05) is 48.5 Å². The van der Waals surface area contributed by atoms with Crippen LogP contribution in [0.25, 0.3) is 11.0 Å². The summed E-state index contributed by atoms with van der Waals surface area (Å²) in [5.74, 6) is 0.0492. The van der Waals surface area contributed by atoms with Crippen molar-refractivity contribution in [3.8, 4) is 0 Å². The number of benzene rings is 2. The summed E-state index contributed by atoms with van der Waals surface area (Å²) < 4.78 is 10.1. The van der Waals surface area contributed by atoms with Crippen LogP contribution in [0.4, 0.5) is 5.69 Å². The minimum Gasteiger partial charge on any atom is -0.323 e. The minimum atomic E-state index is -0.148. The number of nitrogens with one attached hydrogen (secondary N) is 1. The molecular weight excluding hydrogens is 370 g/mol. The maximum absolute atomic E-state index is 12.3. The van der Waals surface area contributed by atoms with Crippen molar-refractivity contribution in [2.45, 2.75) is 11.7 Å². The maximum atomic E-state index is 12.3. The Bertz CT molecular complexity index is 1030. The van der Waals surface area contributed by atoms with E-state index >= 15 is 0 Å². The van der Waals surface area contributed by atoms with E-state index in [9.17, 15) is 4.79 Å². The lowest BCUT2D eigenvalue weighted by molar-refractivity contribution is -0.113. The van der Waals surface area contributed by atoms with Crippen LogP contribution in [0.2, 0.25) is 0 Å². The van der Waals surface area contributed by atoms with Crippen LogP contribution in [0.15, 0.2) is 53.7 Å². The third-order valence-corrected chi connectivity index (χ3v) is 5.07. The summed E-state index contributed by atoms with van der Waals surface area (Å²) in [6.07, 6.45) is 0. The van der Waals surface area contributed by atoms with Gasteiger partial charge in [-0.25, -0.2) is 4.68 Å². The molecule has 0 saturated carbocycles. The molecule has 0 unspecified atom stereocenters. The second-order valence-electron chi connectivity index (χ2n) is 5.38. The first-order chi connectivity index (χ1) is 12.8. The highest BCUT2D eigenvalue weighted by Gasteiger charge is 2.12. The fourth-order valence-electron chi connectivity index (χ4n) is 2.38. The van der Waals surface area contributed by atoms with Gasteiger partial charge in [0.2, 0.25) is 11.1 Å². The number of aromatic nitrogens is 6. The van der Waals surface area contributed by atoms with Gasteiger partial charge in [-0.1, -0.05) is 48.2 Å². The smallest absolute Gasteiger partial charge is 0.234 e. The van der Waals surface area contributed by atoms with Crippen LogP contribution < -0.4 is 5.32 Å². The van der Waals surface area contributed by atoms with Crippen LogP contribution in [0.5, 0.6) is 0 Å². The van der Waals surface area contributed by atoms with E-state index in [4.69, 9.17) is 0 Å². The Morgan fingerprint density at radius 1 is 1.12 bits per heavy atom. The number of rotatable bonds is 6. The molecule has 0 aliphatic carbocycles. The van der Waals surface area contributed by atoms with Crippen molar-refractivity contribution in [2.24, 2.45) is 0 Å². The van der Waals surface area contributed by atoms with E-state index in [2.05, 4.69) is 29.6 Å². The van der Waals surface area contributed by atoms with Gasteiger partial charge in [0.15, 0.2) is 0 Å². The Labute approximate surface area is 157 Å². The van der Waals surface area contributed by atoms with Crippen LogP contribution in [-0.4, -0.2) is 40.6 Å². The van der Waals surface area contributed by atoms with Crippen molar-refractivity contribution >= 4 is 46.1 Å². The van der Waals surface area contributed by atoms with Gasteiger partial charge in [-0.15, -0.1) is 5.10 Å². The molecule has 0 aliphatic rings. The number of tetrazole rings is 1. The van der Waals surface area contributed by atoms with Crippen molar-refractivity contribution in [3.63, 3.8) is 0 Å². The SMILES string of the molecule is O=C(CSc1nnnn1Cc1ccccc1)Nc1cccc2nsnc12. The maximum Gasteiger partial charge on any atom is 0.234 e. The van der Waals surface area contributed by atoms with Crippen molar-refractivity contribution in [1.82, 2.24) is 29.0 Å². The van der Waals surface area contributed by atoms with Crippen LogP contribution >= 0.6 is 23.5 Å². The first-order valence-corrected chi connectivity index (χ1v) is 9.45. The Balaban J connectivity index is 1.39. The van der Waals surface area contributed by atoms with Crippen molar-refractivity contribution in [1.29, 1.82) is 0 Å². The van der Waals surface area contributed by atoms with Gasteiger partial charge >= 0.3 is 0 Å². The molecule has 0 spiro atoms. The molecule has 4 aromatic rings. The zero-order chi connectivity index (χ0) is 17.8. The molecule has 0 radical (unpaired) electrons. The molecule has 10 heteroatoms. The highest BCUT2D eigenvalue weighted by atomic mass is 32.2. The lowest BCUT2D eigenvalue weighted by Crippen LogP contribution is -2.15. The molecule has 0 saturated heterocycles. The van der Waals surface area contributed by atoms with Crippen molar-refractivity contribution < 1.29 is 4.79 Å². The first-order valence-electron chi connectivity index (χ1n) is 7.73. The van der Waals surface area contributed by atoms with Gasteiger partial charge in [-0.05, 0) is 28.1 Å². The van der Waals surface area contributed by atoms with Gasteiger partial charge in [0.1, 0.15) is 11.0 Å². The van der Waals surface area contributed by atoms with Gasteiger partial charge in [0.25, 0.3) is 0 Å². The van der Waals surface area contributed by atoms with Gasteiger partial charge in [0.05, 0.1) is 29.7 Å². The predicted octanol–water partition coefficient (Wildman–Crippen LogP) is 2.46. The first kappa shape index (κ1) is 16.6. The topological polar surface area (TPSA) is 98.5 Å². The van der Waals surface area contributed by atoms with Crippen molar-refractivity contribution in [2.75, 3.05) is 11.1 Å². The number of fused-ring (bicyclic) bond motifs is 1. The minimum absolute atomic E-state index is 0.148. The highest BCUT2D eigenvalue weighted by molar-refractivity contribution is 7.99. The molecule has 0 atom stereocenters. The number of hydrogen-bond donors (Lipinski definition) is 1. The number of hydrogen-bond acceptors (Lipinski definition) is 8. The Hall–Kier alpha value is -2.85. The molecule has 0 bridgehead atoms. The zero-order valence-electron chi connectivity index (χ0n) is 13.4. The summed E-state index contributed by atoms with van der Waals surface area (Å²) >= 11 is 2.41. The Morgan fingerprint density at radius 2 is 2.00 bits per heavy atom. The Kier molecular flexibility index (Phi) is 4.84. The summed E-state index contributed by atoms with van der Waals surface area (Å²) in [6, 6.07) is 15.4.